The van der Waals surface area contributed by atoms with Gasteiger partial charge in [-0.15, -0.1) is 0 Å². The van der Waals surface area contributed by atoms with Crippen molar-refractivity contribution in [3.8, 4) is 33.9 Å². The van der Waals surface area contributed by atoms with Crippen LogP contribution in [0.15, 0.2) is 55.2 Å². The highest BCUT2D eigenvalue weighted by Gasteiger charge is 2.15. The van der Waals surface area contributed by atoms with Gasteiger partial charge in [-0.3, -0.25) is 9.67 Å². The number of halogens is 1. The number of aromatic nitrogens is 7. The van der Waals surface area contributed by atoms with Gasteiger partial charge in [-0.2, -0.15) is 5.10 Å². The van der Waals surface area contributed by atoms with E-state index in [2.05, 4.69) is 30.4 Å². The molecule has 5 heterocycles. The SMILES string of the molecule is CNCCn1cc(-c2cnc3ccc(-c4nc[nH]c4-c4ccc(F)c(C)n4)nc3c2)cn1. The Morgan fingerprint density at radius 2 is 1.88 bits per heavy atom. The highest BCUT2D eigenvalue weighted by molar-refractivity contribution is 5.84. The first-order valence-corrected chi connectivity index (χ1v) is 10.2. The largest absolute Gasteiger partial charge is 0.343 e. The van der Waals surface area contributed by atoms with Crippen LogP contribution < -0.4 is 5.32 Å². The van der Waals surface area contributed by atoms with Crippen LogP contribution >= 0.6 is 0 Å². The van der Waals surface area contributed by atoms with E-state index < -0.39 is 0 Å². The van der Waals surface area contributed by atoms with Gasteiger partial charge < -0.3 is 10.3 Å². The molecule has 2 N–H and O–H groups in total. The van der Waals surface area contributed by atoms with E-state index in [9.17, 15) is 4.39 Å². The first kappa shape index (κ1) is 20.0. The van der Waals surface area contributed by atoms with Crippen molar-refractivity contribution in [3.63, 3.8) is 0 Å². The van der Waals surface area contributed by atoms with Crippen LogP contribution in [0.2, 0.25) is 0 Å². The average Bonchev–Trinajstić information content (AvgIpc) is 3.49. The van der Waals surface area contributed by atoms with Crippen LogP contribution in [0.5, 0.6) is 0 Å². The Balaban J connectivity index is 1.52. The second-order valence-corrected chi connectivity index (χ2v) is 7.44. The topological polar surface area (TPSA) is 97.2 Å². The van der Waals surface area contributed by atoms with Gasteiger partial charge in [-0.1, -0.05) is 0 Å². The standard InChI is InChI=1S/C23H21FN8/c1-14-17(24)3-4-19(30-14)22-23(28-13-27-22)20-6-5-18-21(31-20)9-15(10-26-18)16-11-29-32(12-16)8-7-25-2/h3-6,9-13,25H,7-8H2,1-2H3,(H,27,28). The summed E-state index contributed by atoms with van der Waals surface area (Å²) in [4.78, 5) is 21.2. The Kier molecular flexibility index (Phi) is 5.16. The minimum atomic E-state index is -0.341. The smallest absolute Gasteiger partial charge is 0.144 e. The predicted molar refractivity (Wildman–Crippen MR) is 120 cm³/mol. The second-order valence-electron chi connectivity index (χ2n) is 7.44. The number of hydrogen-bond acceptors (Lipinski definition) is 6. The molecule has 0 aliphatic rings. The molecule has 5 rings (SSSR count). The van der Waals surface area contributed by atoms with E-state index in [-0.39, 0.29) is 5.82 Å². The molecule has 5 aromatic heterocycles. The summed E-state index contributed by atoms with van der Waals surface area (Å²) < 4.78 is 15.6. The molecule has 0 aliphatic carbocycles. The van der Waals surface area contributed by atoms with Crippen molar-refractivity contribution < 1.29 is 4.39 Å². The lowest BCUT2D eigenvalue weighted by Crippen LogP contribution is -2.14. The minimum absolute atomic E-state index is 0.332. The Morgan fingerprint density at radius 3 is 2.72 bits per heavy atom. The lowest BCUT2D eigenvalue weighted by Gasteiger charge is -2.06. The Bertz CT molecular complexity index is 1400. The third-order valence-corrected chi connectivity index (χ3v) is 5.25. The van der Waals surface area contributed by atoms with Crippen LogP contribution in [0, 0.1) is 12.7 Å². The summed E-state index contributed by atoms with van der Waals surface area (Å²) in [7, 11) is 1.92. The van der Waals surface area contributed by atoms with E-state index >= 15 is 0 Å². The lowest BCUT2D eigenvalue weighted by atomic mass is 10.1. The van der Waals surface area contributed by atoms with E-state index in [1.807, 2.05) is 48.5 Å². The molecule has 0 spiro atoms. The summed E-state index contributed by atoms with van der Waals surface area (Å²) in [5, 5.41) is 7.52. The molecule has 9 heteroatoms. The lowest BCUT2D eigenvalue weighted by molar-refractivity contribution is 0.585. The van der Waals surface area contributed by atoms with Gasteiger partial charge in [0.2, 0.25) is 0 Å². The van der Waals surface area contributed by atoms with E-state index in [1.54, 1.807) is 19.3 Å². The number of fused-ring (bicyclic) bond motifs is 1. The molecule has 0 saturated heterocycles. The highest BCUT2D eigenvalue weighted by Crippen LogP contribution is 2.29. The van der Waals surface area contributed by atoms with E-state index in [0.717, 1.165) is 35.2 Å². The van der Waals surface area contributed by atoms with E-state index in [0.29, 0.717) is 28.5 Å². The summed E-state index contributed by atoms with van der Waals surface area (Å²) in [6.07, 6.45) is 7.24. The number of aromatic amines is 1. The van der Waals surface area contributed by atoms with Gasteiger partial charge in [0.15, 0.2) is 0 Å². The van der Waals surface area contributed by atoms with Gasteiger partial charge in [-0.25, -0.2) is 19.3 Å². The summed E-state index contributed by atoms with van der Waals surface area (Å²) in [6.45, 7) is 3.27. The molecule has 32 heavy (non-hydrogen) atoms. The first-order valence-electron chi connectivity index (χ1n) is 10.2. The van der Waals surface area contributed by atoms with Gasteiger partial charge in [-0.05, 0) is 44.3 Å². The minimum Gasteiger partial charge on any atom is -0.343 e. The Labute approximate surface area is 183 Å². The molecule has 0 bridgehead atoms. The zero-order chi connectivity index (χ0) is 22.1. The van der Waals surface area contributed by atoms with E-state index in [1.165, 1.54) is 6.07 Å². The normalized spacial score (nSPS) is 11.3. The number of nitrogens with zero attached hydrogens (tertiary/aromatic N) is 6. The number of aryl methyl sites for hydroxylation is 1. The number of nitrogens with one attached hydrogen (secondary N) is 2. The molecule has 0 amide bonds. The van der Waals surface area contributed by atoms with Gasteiger partial charge in [0.25, 0.3) is 0 Å². The molecular formula is C23H21FN8. The molecule has 0 fully saturated rings. The Morgan fingerprint density at radius 1 is 1.00 bits per heavy atom. The molecule has 0 unspecified atom stereocenters. The number of likely N-dealkylation sites (N-methyl/N-ethyl adjacent to an activating group) is 1. The number of H-pyrrole nitrogens is 1. The molecule has 0 radical (unpaired) electrons. The van der Waals surface area contributed by atoms with Gasteiger partial charge in [0, 0.05) is 30.1 Å². The fraction of sp³-hybridized carbons (Fsp3) is 0.174. The summed E-state index contributed by atoms with van der Waals surface area (Å²) in [5.41, 5.74) is 6.42. The quantitative estimate of drug-likeness (QED) is 0.429. The average molecular weight is 428 g/mol. The number of pyridine rings is 3. The van der Waals surface area contributed by atoms with Crippen LogP contribution in [-0.2, 0) is 6.54 Å². The fourth-order valence-electron chi connectivity index (χ4n) is 3.52. The molecule has 0 saturated carbocycles. The van der Waals surface area contributed by atoms with Gasteiger partial charge in [0.1, 0.15) is 11.5 Å². The van der Waals surface area contributed by atoms with Gasteiger partial charge in [0.05, 0.1) is 52.9 Å². The number of hydrogen-bond donors (Lipinski definition) is 2. The van der Waals surface area contributed by atoms with Crippen LogP contribution in [0.25, 0.3) is 44.9 Å². The summed E-state index contributed by atoms with van der Waals surface area (Å²) in [6, 6.07) is 8.83. The molecule has 5 aromatic rings. The summed E-state index contributed by atoms with van der Waals surface area (Å²) in [5.74, 6) is -0.341. The van der Waals surface area contributed by atoms with Gasteiger partial charge >= 0.3 is 0 Å². The Hall–Kier alpha value is -3.98. The van der Waals surface area contributed by atoms with Crippen LogP contribution in [0.4, 0.5) is 4.39 Å². The van der Waals surface area contributed by atoms with Crippen LogP contribution in [0.1, 0.15) is 5.69 Å². The van der Waals surface area contributed by atoms with E-state index in [4.69, 9.17) is 4.98 Å². The fourth-order valence-corrected chi connectivity index (χ4v) is 3.52. The second kappa shape index (κ2) is 8.27. The predicted octanol–water partition coefficient (Wildman–Crippen LogP) is 3.61. The van der Waals surface area contributed by atoms with Crippen LogP contribution in [0.3, 0.4) is 0 Å². The molecule has 0 atom stereocenters. The van der Waals surface area contributed by atoms with Crippen molar-refractivity contribution >= 4 is 11.0 Å². The maximum absolute atomic E-state index is 13.7. The zero-order valence-electron chi connectivity index (χ0n) is 17.7. The third-order valence-electron chi connectivity index (χ3n) is 5.25. The molecule has 160 valence electrons. The van der Waals surface area contributed by atoms with Crippen molar-refractivity contribution in [2.75, 3.05) is 13.6 Å². The first-order chi connectivity index (χ1) is 15.6. The summed E-state index contributed by atoms with van der Waals surface area (Å²) >= 11 is 0. The molecule has 0 aliphatic heterocycles. The molecule has 0 aromatic carbocycles. The van der Waals surface area contributed by atoms with Crippen molar-refractivity contribution in [1.29, 1.82) is 0 Å². The van der Waals surface area contributed by atoms with Crippen molar-refractivity contribution in [2.45, 2.75) is 13.5 Å². The maximum Gasteiger partial charge on any atom is 0.144 e. The number of rotatable bonds is 6. The molecular weight excluding hydrogens is 407 g/mol. The third kappa shape index (κ3) is 3.74. The van der Waals surface area contributed by atoms with Crippen molar-refractivity contribution in [3.05, 3.63) is 66.8 Å². The maximum atomic E-state index is 13.7. The number of imidazole rings is 1. The highest BCUT2D eigenvalue weighted by atomic mass is 19.1. The van der Waals surface area contributed by atoms with Crippen LogP contribution in [-0.4, -0.2) is 48.3 Å². The van der Waals surface area contributed by atoms with Crippen molar-refractivity contribution in [2.24, 2.45) is 0 Å². The zero-order valence-corrected chi connectivity index (χ0v) is 17.7. The monoisotopic (exact) mass is 428 g/mol. The van der Waals surface area contributed by atoms with Crippen molar-refractivity contribution in [1.82, 2.24) is 40.0 Å². The molecule has 8 nitrogen and oxygen atoms in total.